The summed E-state index contributed by atoms with van der Waals surface area (Å²) in [5, 5.41) is 33.9. The summed E-state index contributed by atoms with van der Waals surface area (Å²) in [6, 6.07) is -5.54. The minimum Gasteiger partial charge on any atom is -0.481 e. The molecule has 4 unspecified atom stereocenters. The van der Waals surface area contributed by atoms with E-state index < -0.39 is 79.1 Å². The van der Waals surface area contributed by atoms with Crippen LogP contribution < -0.4 is 27.4 Å². The molecular formula is C21H33N7O9. The summed E-state index contributed by atoms with van der Waals surface area (Å²) in [4.78, 5) is 78.2. The van der Waals surface area contributed by atoms with Gasteiger partial charge in [-0.15, -0.1) is 0 Å². The minimum absolute atomic E-state index is 0.104. The molecule has 1 heterocycles. The van der Waals surface area contributed by atoms with Crippen LogP contribution in [-0.2, 0) is 35.2 Å². The normalized spacial score (nSPS) is 14.0. The number of H-pyrrole nitrogens is 1. The van der Waals surface area contributed by atoms with Crippen LogP contribution in [0.25, 0.3) is 0 Å². The van der Waals surface area contributed by atoms with Crippen LogP contribution in [0.3, 0.4) is 0 Å². The van der Waals surface area contributed by atoms with E-state index in [4.69, 9.17) is 26.8 Å². The van der Waals surface area contributed by atoms with Crippen molar-refractivity contribution in [3.63, 3.8) is 0 Å². The number of nitrogens with zero attached hydrogens (tertiary/aromatic N) is 1. The smallest absolute Gasteiger partial charge is 0.326 e. The van der Waals surface area contributed by atoms with Crippen molar-refractivity contribution in [3.8, 4) is 0 Å². The molecule has 0 aliphatic carbocycles. The second-order valence-corrected chi connectivity index (χ2v) is 8.22. The molecule has 16 heteroatoms. The fourth-order valence-electron chi connectivity index (χ4n) is 3.22. The Hall–Kier alpha value is -4.05. The topological polar surface area (TPSA) is 280 Å². The molecule has 3 amide bonds. The zero-order chi connectivity index (χ0) is 28.0. The lowest BCUT2D eigenvalue weighted by molar-refractivity contribution is -0.147. The van der Waals surface area contributed by atoms with Crippen molar-refractivity contribution in [3.05, 3.63) is 18.2 Å². The number of amides is 3. The highest BCUT2D eigenvalue weighted by Gasteiger charge is 2.31. The summed E-state index contributed by atoms with van der Waals surface area (Å²) in [5.41, 5.74) is 12.0. The number of aromatic nitrogens is 2. The number of nitrogens with one attached hydrogen (secondary N) is 4. The third-order valence-corrected chi connectivity index (χ3v) is 5.18. The first-order valence-corrected chi connectivity index (χ1v) is 11.4. The van der Waals surface area contributed by atoms with Gasteiger partial charge in [-0.3, -0.25) is 24.0 Å². The molecule has 4 atom stereocenters. The number of rotatable bonds is 18. The number of hydrogen-bond acceptors (Lipinski definition) is 9. The molecule has 11 N–H and O–H groups in total. The van der Waals surface area contributed by atoms with Gasteiger partial charge in [0.1, 0.15) is 18.1 Å². The van der Waals surface area contributed by atoms with Gasteiger partial charge in [0.05, 0.1) is 18.8 Å². The van der Waals surface area contributed by atoms with Gasteiger partial charge in [0.25, 0.3) is 0 Å². The maximum atomic E-state index is 13.0. The number of aliphatic carboxylic acids is 3. The van der Waals surface area contributed by atoms with Crippen LogP contribution in [0.1, 0.15) is 44.2 Å². The predicted octanol–water partition coefficient (Wildman–Crippen LogP) is -2.71. The first kappa shape index (κ1) is 31.0. The van der Waals surface area contributed by atoms with Crippen LogP contribution in [0.15, 0.2) is 12.5 Å². The Morgan fingerprint density at radius 3 is 1.97 bits per heavy atom. The summed E-state index contributed by atoms with van der Waals surface area (Å²) in [5.74, 6) is -7.00. The molecule has 1 rings (SSSR count). The predicted molar refractivity (Wildman–Crippen MR) is 126 cm³/mol. The van der Waals surface area contributed by atoms with Gasteiger partial charge < -0.3 is 47.7 Å². The number of hydrogen-bond donors (Lipinski definition) is 9. The molecule has 1 aromatic heterocycles. The molecule has 0 saturated carbocycles. The number of nitrogens with two attached hydrogens (primary N) is 2. The van der Waals surface area contributed by atoms with E-state index in [1.807, 2.05) is 5.32 Å². The fourth-order valence-corrected chi connectivity index (χ4v) is 3.22. The van der Waals surface area contributed by atoms with Crippen LogP contribution in [0.5, 0.6) is 0 Å². The second kappa shape index (κ2) is 15.8. The van der Waals surface area contributed by atoms with E-state index in [1.54, 1.807) is 0 Å². The Labute approximate surface area is 211 Å². The van der Waals surface area contributed by atoms with Crippen molar-refractivity contribution >= 4 is 35.6 Å². The average molecular weight is 528 g/mol. The molecule has 0 bridgehead atoms. The Balaban J connectivity index is 2.99. The van der Waals surface area contributed by atoms with Crippen molar-refractivity contribution < 1.29 is 44.1 Å². The van der Waals surface area contributed by atoms with Gasteiger partial charge in [-0.25, -0.2) is 9.78 Å². The fraction of sp³-hybridized carbons (Fsp3) is 0.571. The van der Waals surface area contributed by atoms with E-state index in [0.717, 1.165) is 0 Å². The minimum atomic E-state index is -1.81. The molecule has 206 valence electrons. The van der Waals surface area contributed by atoms with E-state index in [0.29, 0.717) is 25.1 Å². The molecule has 0 aromatic carbocycles. The van der Waals surface area contributed by atoms with Gasteiger partial charge in [-0.2, -0.15) is 0 Å². The van der Waals surface area contributed by atoms with Gasteiger partial charge in [0, 0.05) is 24.7 Å². The van der Waals surface area contributed by atoms with Gasteiger partial charge in [0.15, 0.2) is 0 Å². The number of carbonyl (C=O) groups is 6. The van der Waals surface area contributed by atoms with Crippen molar-refractivity contribution in [2.24, 2.45) is 11.5 Å². The highest BCUT2D eigenvalue weighted by Crippen LogP contribution is 2.06. The molecule has 0 aliphatic rings. The first-order chi connectivity index (χ1) is 17.4. The second-order valence-electron chi connectivity index (χ2n) is 8.22. The number of carboxylic acids is 3. The lowest BCUT2D eigenvalue weighted by atomic mass is 10.0. The van der Waals surface area contributed by atoms with Crippen molar-refractivity contribution in [1.29, 1.82) is 0 Å². The van der Waals surface area contributed by atoms with Crippen LogP contribution in [-0.4, -0.2) is 91.6 Å². The zero-order valence-corrected chi connectivity index (χ0v) is 20.0. The van der Waals surface area contributed by atoms with Crippen molar-refractivity contribution in [2.45, 2.75) is 69.1 Å². The number of carboxylic acid groups (broad SMARTS) is 3. The first-order valence-electron chi connectivity index (χ1n) is 11.4. The molecule has 37 heavy (non-hydrogen) atoms. The zero-order valence-electron chi connectivity index (χ0n) is 20.0. The van der Waals surface area contributed by atoms with Crippen LogP contribution in [0.4, 0.5) is 0 Å². The Kier molecular flexibility index (Phi) is 13.3. The van der Waals surface area contributed by atoms with Crippen molar-refractivity contribution in [1.82, 2.24) is 25.9 Å². The molecule has 0 spiro atoms. The summed E-state index contributed by atoms with van der Waals surface area (Å²) in [7, 11) is 0. The Morgan fingerprint density at radius 1 is 0.865 bits per heavy atom. The van der Waals surface area contributed by atoms with Crippen LogP contribution in [0.2, 0.25) is 0 Å². The largest absolute Gasteiger partial charge is 0.481 e. The molecule has 0 radical (unpaired) electrons. The van der Waals surface area contributed by atoms with Gasteiger partial charge >= 0.3 is 17.9 Å². The number of carbonyl (C=O) groups excluding carboxylic acids is 3. The summed E-state index contributed by atoms with van der Waals surface area (Å²) in [6.07, 6.45) is 2.16. The highest BCUT2D eigenvalue weighted by atomic mass is 16.4. The molecule has 0 aliphatic heterocycles. The molecular weight excluding hydrogens is 494 g/mol. The van der Waals surface area contributed by atoms with Gasteiger partial charge in [0.2, 0.25) is 17.7 Å². The quantitative estimate of drug-likeness (QED) is 0.0881. The maximum absolute atomic E-state index is 13.0. The molecule has 0 saturated heterocycles. The summed E-state index contributed by atoms with van der Waals surface area (Å²) in [6.45, 7) is 0.325. The highest BCUT2D eigenvalue weighted by molar-refractivity contribution is 5.94. The standard InChI is InChI=1S/C21H33N7O9/c22-6-2-1-3-13(26-18(33)12(23)7-11-9-24-10-25-11)19(34)27-14(4-5-16(29)30)20(35)28-15(21(36)37)8-17(31)32/h9-10,12-15H,1-8,22-23H2,(H,24,25)(H,26,33)(H,27,34)(H,28,35)(H,29,30)(H,31,32)(H,36,37). The van der Waals surface area contributed by atoms with E-state index in [9.17, 15) is 28.8 Å². The van der Waals surface area contributed by atoms with Crippen molar-refractivity contribution in [2.75, 3.05) is 6.54 Å². The van der Waals surface area contributed by atoms with E-state index in [2.05, 4.69) is 20.6 Å². The number of unbranched alkanes of at least 4 members (excludes halogenated alkanes) is 1. The molecule has 16 nitrogen and oxygen atoms in total. The molecule has 1 aromatic rings. The number of aromatic amines is 1. The van der Waals surface area contributed by atoms with Gasteiger partial charge in [-0.05, 0) is 32.2 Å². The maximum Gasteiger partial charge on any atom is 0.326 e. The SMILES string of the molecule is NCCCCC(NC(=O)C(N)Cc1cnc[nH]1)C(=O)NC(CCC(=O)O)C(=O)NC(CC(=O)O)C(=O)O. The Morgan fingerprint density at radius 2 is 1.46 bits per heavy atom. The van der Waals surface area contributed by atoms with E-state index >= 15 is 0 Å². The lowest BCUT2D eigenvalue weighted by Gasteiger charge is -2.25. The lowest BCUT2D eigenvalue weighted by Crippen LogP contribution is -2.57. The van der Waals surface area contributed by atoms with Gasteiger partial charge in [-0.1, -0.05) is 0 Å². The number of imidazole rings is 1. The average Bonchev–Trinajstić information content (AvgIpc) is 3.32. The van der Waals surface area contributed by atoms with Crippen LogP contribution >= 0.6 is 0 Å². The van der Waals surface area contributed by atoms with E-state index in [1.165, 1.54) is 12.5 Å². The Bertz CT molecular complexity index is 939. The van der Waals surface area contributed by atoms with Crippen LogP contribution in [0, 0.1) is 0 Å². The molecule has 0 fully saturated rings. The summed E-state index contributed by atoms with van der Waals surface area (Å²) >= 11 is 0. The third-order valence-electron chi connectivity index (χ3n) is 5.18. The summed E-state index contributed by atoms with van der Waals surface area (Å²) < 4.78 is 0. The monoisotopic (exact) mass is 527 g/mol. The van der Waals surface area contributed by atoms with E-state index in [-0.39, 0.29) is 12.8 Å². The third kappa shape index (κ3) is 12.0.